The van der Waals surface area contributed by atoms with Gasteiger partial charge in [-0.15, -0.1) is 0 Å². The smallest absolute Gasteiger partial charge is 0.124 e. The van der Waals surface area contributed by atoms with Gasteiger partial charge in [0.15, 0.2) is 0 Å². The van der Waals surface area contributed by atoms with Gasteiger partial charge in [0.1, 0.15) is 11.5 Å². The van der Waals surface area contributed by atoms with Gasteiger partial charge in [0.2, 0.25) is 0 Å². The van der Waals surface area contributed by atoms with Crippen LogP contribution in [-0.4, -0.2) is 35.2 Å². The van der Waals surface area contributed by atoms with Gasteiger partial charge in [-0.05, 0) is 43.3 Å². The Morgan fingerprint density at radius 3 is 2.04 bits per heavy atom. The van der Waals surface area contributed by atoms with E-state index in [0.29, 0.717) is 27.7 Å². The van der Waals surface area contributed by atoms with Crippen LogP contribution in [0.25, 0.3) is 0 Å². The standard InChI is InChI=1S/C17H16Cl2N2O2/c1-11(21-10-13-7-15(19)3-5-17(13)23)8-20-9-12-6-14(18)2-4-16(12)22/h2-7,9-11,22-23H,8H2,1H3/t11-/m1/s1. The van der Waals surface area contributed by atoms with E-state index in [1.807, 2.05) is 6.92 Å². The van der Waals surface area contributed by atoms with Gasteiger partial charge in [0, 0.05) is 33.6 Å². The van der Waals surface area contributed by atoms with Crippen molar-refractivity contribution in [2.45, 2.75) is 13.0 Å². The molecule has 0 aliphatic carbocycles. The van der Waals surface area contributed by atoms with Crippen molar-refractivity contribution < 1.29 is 10.2 Å². The Morgan fingerprint density at radius 1 is 0.957 bits per heavy atom. The number of benzene rings is 2. The van der Waals surface area contributed by atoms with Gasteiger partial charge in [-0.1, -0.05) is 23.2 Å². The molecule has 0 bridgehead atoms. The van der Waals surface area contributed by atoms with Crippen molar-refractivity contribution >= 4 is 35.6 Å². The van der Waals surface area contributed by atoms with Crippen molar-refractivity contribution in [1.29, 1.82) is 0 Å². The molecule has 1 atom stereocenters. The Kier molecular flexibility index (Phi) is 6.02. The summed E-state index contributed by atoms with van der Waals surface area (Å²) in [5.41, 5.74) is 1.11. The van der Waals surface area contributed by atoms with E-state index in [-0.39, 0.29) is 17.5 Å². The Labute approximate surface area is 144 Å². The molecule has 2 rings (SSSR count). The largest absolute Gasteiger partial charge is 0.507 e. The van der Waals surface area contributed by atoms with E-state index < -0.39 is 0 Å². The second-order valence-electron chi connectivity index (χ2n) is 5.03. The third kappa shape index (κ3) is 5.27. The molecule has 2 aromatic rings. The molecule has 0 saturated heterocycles. The Balaban J connectivity index is 1.98. The molecule has 0 amide bonds. The number of hydrogen-bond acceptors (Lipinski definition) is 4. The fourth-order valence-electron chi connectivity index (χ4n) is 1.82. The SMILES string of the molecule is C[C@H](CN=Cc1cc(Cl)ccc1O)N=Cc1cc(Cl)ccc1O. The number of nitrogens with zero attached hydrogens (tertiary/aromatic N) is 2. The lowest BCUT2D eigenvalue weighted by Gasteiger charge is -2.04. The van der Waals surface area contributed by atoms with E-state index in [9.17, 15) is 10.2 Å². The number of aliphatic imine (C=N–C) groups is 2. The first-order valence-corrected chi connectivity index (χ1v) is 7.71. The molecular formula is C17H16Cl2N2O2. The minimum Gasteiger partial charge on any atom is -0.507 e. The van der Waals surface area contributed by atoms with Crippen LogP contribution in [0.15, 0.2) is 46.4 Å². The van der Waals surface area contributed by atoms with Gasteiger partial charge in [-0.25, -0.2) is 0 Å². The van der Waals surface area contributed by atoms with Crippen molar-refractivity contribution in [3.63, 3.8) is 0 Å². The number of aromatic hydroxyl groups is 2. The molecule has 0 spiro atoms. The highest BCUT2D eigenvalue weighted by Gasteiger charge is 2.02. The molecule has 0 saturated carbocycles. The first kappa shape index (κ1) is 17.3. The molecule has 0 aliphatic rings. The number of halogens is 2. The summed E-state index contributed by atoms with van der Waals surface area (Å²) >= 11 is 11.8. The highest BCUT2D eigenvalue weighted by atomic mass is 35.5. The highest BCUT2D eigenvalue weighted by Crippen LogP contribution is 2.20. The maximum Gasteiger partial charge on any atom is 0.124 e. The molecule has 2 N–H and O–H groups in total. The van der Waals surface area contributed by atoms with Crippen LogP contribution in [0.2, 0.25) is 10.0 Å². The third-order valence-electron chi connectivity index (χ3n) is 3.05. The molecule has 0 unspecified atom stereocenters. The zero-order chi connectivity index (χ0) is 16.8. The second kappa shape index (κ2) is 7.99. The van der Waals surface area contributed by atoms with Crippen molar-refractivity contribution in [1.82, 2.24) is 0 Å². The van der Waals surface area contributed by atoms with Crippen LogP contribution in [0.1, 0.15) is 18.1 Å². The third-order valence-corrected chi connectivity index (χ3v) is 3.52. The number of phenols is 2. The molecule has 0 heterocycles. The minimum atomic E-state index is -0.0917. The van der Waals surface area contributed by atoms with Gasteiger partial charge in [0.05, 0.1) is 12.6 Å². The van der Waals surface area contributed by atoms with Crippen molar-refractivity contribution in [3.8, 4) is 11.5 Å². The van der Waals surface area contributed by atoms with E-state index in [1.165, 1.54) is 12.1 Å². The van der Waals surface area contributed by atoms with Gasteiger partial charge in [-0.2, -0.15) is 0 Å². The fourth-order valence-corrected chi connectivity index (χ4v) is 2.18. The molecular weight excluding hydrogens is 335 g/mol. The molecule has 0 radical (unpaired) electrons. The lowest BCUT2D eigenvalue weighted by molar-refractivity contribution is 0.474. The van der Waals surface area contributed by atoms with Crippen LogP contribution in [0.4, 0.5) is 0 Å². The topological polar surface area (TPSA) is 65.2 Å². The molecule has 2 aromatic carbocycles. The molecule has 0 aromatic heterocycles. The van der Waals surface area contributed by atoms with Gasteiger partial charge in [-0.3, -0.25) is 9.98 Å². The predicted octanol–water partition coefficient (Wildman–Crippen LogP) is 4.33. The minimum absolute atomic E-state index is 0.0917. The van der Waals surface area contributed by atoms with Crippen molar-refractivity contribution in [3.05, 3.63) is 57.6 Å². The first-order valence-electron chi connectivity index (χ1n) is 6.96. The zero-order valence-corrected chi connectivity index (χ0v) is 14.0. The van der Waals surface area contributed by atoms with Crippen LogP contribution >= 0.6 is 23.2 Å². The number of hydrogen-bond donors (Lipinski definition) is 2. The molecule has 6 heteroatoms. The Morgan fingerprint density at radius 2 is 1.48 bits per heavy atom. The van der Waals surface area contributed by atoms with Crippen molar-refractivity contribution in [2.75, 3.05) is 6.54 Å². The van der Waals surface area contributed by atoms with Crippen LogP contribution in [-0.2, 0) is 0 Å². The average Bonchev–Trinajstić information content (AvgIpc) is 2.51. The van der Waals surface area contributed by atoms with E-state index >= 15 is 0 Å². The highest BCUT2D eigenvalue weighted by molar-refractivity contribution is 6.31. The van der Waals surface area contributed by atoms with Crippen LogP contribution in [0.5, 0.6) is 11.5 Å². The van der Waals surface area contributed by atoms with Gasteiger partial charge >= 0.3 is 0 Å². The summed E-state index contributed by atoms with van der Waals surface area (Å²) in [7, 11) is 0. The summed E-state index contributed by atoms with van der Waals surface area (Å²) in [6.07, 6.45) is 3.13. The van der Waals surface area contributed by atoms with Crippen LogP contribution < -0.4 is 0 Å². The second-order valence-corrected chi connectivity index (χ2v) is 5.90. The molecule has 4 nitrogen and oxygen atoms in total. The lowest BCUT2D eigenvalue weighted by atomic mass is 10.2. The normalized spacial score (nSPS) is 13.0. The summed E-state index contributed by atoms with van der Waals surface area (Å²) in [5.74, 6) is 0.246. The van der Waals surface area contributed by atoms with Crippen molar-refractivity contribution in [2.24, 2.45) is 9.98 Å². The van der Waals surface area contributed by atoms with E-state index in [4.69, 9.17) is 23.2 Å². The molecule has 23 heavy (non-hydrogen) atoms. The summed E-state index contributed by atoms with van der Waals surface area (Å²) < 4.78 is 0. The maximum absolute atomic E-state index is 9.71. The van der Waals surface area contributed by atoms with E-state index in [0.717, 1.165) is 0 Å². The molecule has 0 fully saturated rings. The van der Waals surface area contributed by atoms with E-state index in [2.05, 4.69) is 9.98 Å². The molecule has 0 aliphatic heterocycles. The van der Waals surface area contributed by atoms with Crippen LogP contribution in [0.3, 0.4) is 0 Å². The first-order chi connectivity index (χ1) is 11.0. The summed E-state index contributed by atoms with van der Waals surface area (Å²) in [6.45, 7) is 2.33. The fraction of sp³-hybridized carbons (Fsp3) is 0.176. The summed E-state index contributed by atoms with van der Waals surface area (Å²) in [5, 5.41) is 20.5. The quantitative estimate of drug-likeness (QED) is 0.788. The number of phenolic OH excluding ortho intramolecular Hbond substituents is 2. The number of rotatable bonds is 5. The maximum atomic E-state index is 9.71. The monoisotopic (exact) mass is 350 g/mol. The summed E-state index contributed by atoms with van der Waals surface area (Å²) in [6, 6.07) is 9.45. The van der Waals surface area contributed by atoms with Gasteiger partial charge in [0.25, 0.3) is 0 Å². The Bertz CT molecular complexity index is 745. The van der Waals surface area contributed by atoms with Crippen LogP contribution in [0, 0.1) is 0 Å². The Hall–Kier alpha value is -2.04. The predicted molar refractivity (Wildman–Crippen MR) is 95.8 cm³/mol. The van der Waals surface area contributed by atoms with E-state index in [1.54, 1.807) is 36.7 Å². The summed E-state index contributed by atoms with van der Waals surface area (Å²) in [4.78, 5) is 8.57. The molecule has 120 valence electrons. The zero-order valence-electron chi connectivity index (χ0n) is 12.4. The lowest BCUT2D eigenvalue weighted by Crippen LogP contribution is -2.04. The average molecular weight is 351 g/mol. The van der Waals surface area contributed by atoms with Gasteiger partial charge < -0.3 is 10.2 Å².